The lowest BCUT2D eigenvalue weighted by atomic mass is 10.0. The first kappa shape index (κ1) is 22.7. The zero-order valence-corrected chi connectivity index (χ0v) is 19.7. The van der Waals surface area contributed by atoms with E-state index < -0.39 is 0 Å². The molecule has 0 aliphatic carbocycles. The highest BCUT2D eigenvalue weighted by Gasteiger charge is 2.13. The van der Waals surface area contributed by atoms with Gasteiger partial charge in [0, 0.05) is 6.07 Å². The molecular formula is C30H28O5. The molecule has 178 valence electrons. The van der Waals surface area contributed by atoms with Gasteiger partial charge in [0.15, 0.2) is 11.5 Å². The van der Waals surface area contributed by atoms with Crippen LogP contribution in [0.4, 0.5) is 0 Å². The van der Waals surface area contributed by atoms with Crippen molar-refractivity contribution in [2.45, 2.75) is 25.7 Å². The number of hydrogen-bond acceptors (Lipinski definition) is 5. The Morgan fingerprint density at radius 3 is 2.03 bits per heavy atom. The van der Waals surface area contributed by atoms with Crippen molar-refractivity contribution in [1.29, 1.82) is 0 Å². The van der Waals surface area contributed by atoms with E-state index in [1.54, 1.807) is 19.2 Å². The summed E-state index contributed by atoms with van der Waals surface area (Å²) in [6.07, 6.45) is 3.40. The van der Waals surface area contributed by atoms with Gasteiger partial charge >= 0.3 is 0 Å². The van der Waals surface area contributed by atoms with Gasteiger partial charge < -0.3 is 24.1 Å². The molecule has 0 saturated heterocycles. The van der Waals surface area contributed by atoms with E-state index in [2.05, 4.69) is 24.3 Å². The number of phenolic OH excluding ortho intramolecular Hbond substituents is 1. The van der Waals surface area contributed by atoms with Gasteiger partial charge in [0.05, 0.1) is 7.11 Å². The van der Waals surface area contributed by atoms with Crippen LogP contribution in [0.2, 0.25) is 0 Å². The van der Waals surface area contributed by atoms with Crippen LogP contribution in [0, 0.1) is 0 Å². The third kappa shape index (κ3) is 5.87. The zero-order chi connectivity index (χ0) is 24.0. The van der Waals surface area contributed by atoms with E-state index in [0.717, 1.165) is 59.8 Å². The SMILES string of the molecule is COc1cccc(CCc2cccc(Oc3cc(O)cc(CCc4ccc5c(c4)OCO5)c3)c2)c1. The Balaban J connectivity index is 1.22. The number of methoxy groups -OCH3 is 1. The smallest absolute Gasteiger partial charge is 0.231 e. The molecule has 1 aliphatic rings. The highest BCUT2D eigenvalue weighted by molar-refractivity contribution is 5.45. The summed E-state index contributed by atoms with van der Waals surface area (Å²) in [5, 5.41) is 10.3. The van der Waals surface area contributed by atoms with Gasteiger partial charge in [-0.05, 0) is 96.5 Å². The second-order valence-corrected chi connectivity index (χ2v) is 8.62. The van der Waals surface area contributed by atoms with Gasteiger partial charge in [0.2, 0.25) is 6.79 Å². The van der Waals surface area contributed by atoms with Gasteiger partial charge in [-0.15, -0.1) is 0 Å². The molecule has 4 aromatic carbocycles. The molecule has 1 aliphatic heterocycles. The molecule has 0 bridgehead atoms. The molecule has 5 heteroatoms. The second-order valence-electron chi connectivity index (χ2n) is 8.62. The summed E-state index contributed by atoms with van der Waals surface area (Å²) in [5.74, 6) is 4.01. The fourth-order valence-corrected chi connectivity index (χ4v) is 4.25. The number of aryl methyl sites for hydroxylation is 4. The minimum Gasteiger partial charge on any atom is -0.508 e. The Morgan fingerprint density at radius 1 is 0.629 bits per heavy atom. The molecule has 0 atom stereocenters. The fraction of sp³-hybridized carbons (Fsp3) is 0.200. The molecule has 5 nitrogen and oxygen atoms in total. The lowest BCUT2D eigenvalue weighted by molar-refractivity contribution is 0.174. The normalized spacial score (nSPS) is 11.9. The molecule has 5 rings (SSSR count). The standard InChI is InChI=1S/C30H28O5/c1-32-26-6-2-4-21(15-26)8-9-22-5-3-7-27(16-22)35-28-17-24(14-25(31)19-28)11-10-23-12-13-29-30(18-23)34-20-33-29/h2-7,12-19,31H,8-11,20H2,1H3. The molecule has 0 amide bonds. The molecule has 4 aromatic rings. The lowest BCUT2D eigenvalue weighted by Crippen LogP contribution is -1.95. The van der Waals surface area contributed by atoms with E-state index >= 15 is 0 Å². The van der Waals surface area contributed by atoms with Crippen LogP contribution < -0.4 is 18.9 Å². The van der Waals surface area contributed by atoms with E-state index in [1.165, 1.54) is 11.1 Å². The van der Waals surface area contributed by atoms with Crippen LogP contribution in [0.1, 0.15) is 22.3 Å². The van der Waals surface area contributed by atoms with Gasteiger partial charge in [0.25, 0.3) is 0 Å². The molecule has 0 aromatic heterocycles. The molecule has 35 heavy (non-hydrogen) atoms. The van der Waals surface area contributed by atoms with E-state index in [4.69, 9.17) is 18.9 Å². The zero-order valence-electron chi connectivity index (χ0n) is 19.7. The highest BCUT2D eigenvalue weighted by Crippen LogP contribution is 2.33. The number of fused-ring (bicyclic) bond motifs is 1. The summed E-state index contributed by atoms with van der Waals surface area (Å²) in [6.45, 7) is 0.272. The van der Waals surface area contributed by atoms with Crippen LogP contribution in [-0.2, 0) is 25.7 Å². The quantitative estimate of drug-likeness (QED) is 0.304. The van der Waals surface area contributed by atoms with E-state index in [9.17, 15) is 5.11 Å². The summed E-state index contributed by atoms with van der Waals surface area (Å²) in [7, 11) is 1.68. The Hall–Kier alpha value is -4.12. The molecular weight excluding hydrogens is 440 g/mol. The molecule has 1 N–H and O–H groups in total. The highest BCUT2D eigenvalue weighted by atomic mass is 16.7. The summed E-state index contributed by atoms with van der Waals surface area (Å²) in [5.41, 5.74) is 4.58. The number of benzene rings is 4. The Labute approximate surface area is 205 Å². The summed E-state index contributed by atoms with van der Waals surface area (Å²) < 4.78 is 22.3. The third-order valence-electron chi connectivity index (χ3n) is 6.06. The number of rotatable bonds is 9. The maximum absolute atomic E-state index is 10.3. The van der Waals surface area contributed by atoms with Crippen LogP contribution in [0.5, 0.6) is 34.5 Å². The maximum atomic E-state index is 10.3. The lowest BCUT2D eigenvalue weighted by Gasteiger charge is -2.11. The summed E-state index contributed by atoms with van der Waals surface area (Å²) >= 11 is 0. The number of hydrogen-bond donors (Lipinski definition) is 1. The Kier molecular flexibility index (Phi) is 6.75. The van der Waals surface area contributed by atoms with Crippen molar-refractivity contribution in [1.82, 2.24) is 0 Å². The average Bonchev–Trinajstić information content (AvgIpc) is 3.34. The van der Waals surface area contributed by atoms with Crippen LogP contribution in [0.25, 0.3) is 0 Å². The number of ether oxygens (including phenoxy) is 4. The monoisotopic (exact) mass is 468 g/mol. The second kappa shape index (κ2) is 10.4. The largest absolute Gasteiger partial charge is 0.508 e. The first-order chi connectivity index (χ1) is 17.1. The first-order valence-electron chi connectivity index (χ1n) is 11.8. The van der Waals surface area contributed by atoms with Crippen LogP contribution in [-0.4, -0.2) is 19.0 Å². The minimum absolute atomic E-state index is 0.192. The topological polar surface area (TPSA) is 57.2 Å². The predicted molar refractivity (Wildman–Crippen MR) is 135 cm³/mol. The fourth-order valence-electron chi connectivity index (χ4n) is 4.25. The molecule has 0 fully saturated rings. The maximum Gasteiger partial charge on any atom is 0.231 e. The molecule has 0 spiro atoms. The third-order valence-corrected chi connectivity index (χ3v) is 6.06. The van der Waals surface area contributed by atoms with E-state index in [1.807, 2.05) is 48.5 Å². The van der Waals surface area contributed by atoms with Gasteiger partial charge in [0.1, 0.15) is 23.0 Å². The molecule has 0 saturated carbocycles. The van der Waals surface area contributed by atoms with Crippen LogP contribution in [0.15, 0.2) is 84.9 Å². The predicted octanol–water partition coefficient (Wildman–Crippen LogP) is 6.49. The van der Waals surface area contributed by atoms with Crippen molar-refractivity contribution in [2.75, 3.05) is 13.9 Å². The van der Waals surface area contributed by atoms with Crippen LogP contribution in [0.3, 0.4) is 0 Å². The molecule has 0 unspecified atom stereocenters. The average molecular weight is 469 g/mol. The van der Waals surface area contributed by atoms with Crippen molar-refractivity contribution in [2.24, 2.45) is 0 Å². The number of phenols is 1. The van der Waals surface area contributed by atoms with Gasteiger partial charge in [-0.25, -0.2) is 0 Å². The van der Waals surface area contributed by atoms with Crippen LogP contribution >= 0.6 is 0 Å². The first-order valence-corrected chi connectivity index (χ1v) is 11.8. The summed E-state index contributed by atoms with van der Waals surface area (Å²) in [6, 6.07) is 27.6. The van der Waals surface area contributed by atoms with Gasteiger partial charge in [-0.2, -0.15) is 0 Å². The number of aromatic hydroxyl groups is 1. The van der Waals surface area contributed by atoms with Gasteiger partial charge in [-0.3, -0.25) is 0 Å². The van der Waals surface area contributed by atoms with Crippen molar-refractivity contribution < 1.29 is 24.1 Å². The van der Waals surface area contributed by atoms with Crippen molar-refractivity contribution in [3.05, 3.63) is 107 Å². The molecule has 1 heterocycles. The summed E-state index contributed by atoms with van der Waals surface area (Å²) in [4.78, 5) is 0. The van der Waals surface area contributed by atoms with Crippen molar-refractivity contribution >= 4 is 0 Å². The van der Waals surface area contributed by atoms with E-state index in [0.29, 0.717) is 5.75 Å². The van der Waals surface area contributed by atoms with Crippen molar-refractivity contribution in [3.8, 4) is 34.5 Å². The Morgan fingerprint density at radius 2 is 1.26 bits per heavy atom. The minimum atomic E-state index is 0.192. The van der Waals surface area contributed by atoms with Gasteiger partial charge in [-0.1, -0.05) is 30.3 Å². The molecule has 0 radical (unpaired) electrons. The van der Waals surface area contributed by atoms with Crippen molar-refractivity contribution in [3.63, 3.8) is 0 Å². The Bertz CT molecular complexity index is 1310. The van der Waals surface area contributed by atoms with E-state index in [-0.39, 0.29) is 12.5 Å².